The summed E-state index contributed by atoms with van der Waals surface area (Å²) in [5, 5.41) is 2.88. The first-order chi connectivity index (χ1) is 12.5. The minimum absolute atomic E-state index is 0.0217. The van der Waals surface area contributed by atoms with E-state index in [1.807, 2.05) is 62.4 Å². The Kier molecular flexibility index (Phi) is 7.21. The van der Waals surface area contributed by atoms with Crippen LogP contribution in [0.2, 0.25) is 0 Å². The van der Waals surface area contributed by atoms with Gasteiger partial charge in [0.1, 0.15) is 5.75 Å². The average molecular weight is 354 g/mol. The minimum Gasteiger partial charge on any atom is -0.494 e. The smallest absolute Gasteiger partial charge is 0.243 e. The molecule has 5 nitrogen and oxygen atoms in total. The van der Waals surface area contributed by atoms with Crippen LogP contribution >= 0.6 is 0 Å². The van der Waals surface area contributed by atoms with Gasteiger partial charge in [0.05, 0.1) is 19.6 Å². The van der Waals surface area contributed by atoms with Crippen molar-refractivity contribution in [3.8, 4) is 5.75 Å². The van der Waals surface area contributed by atoms with Crippen LogP contribution in [0.3, 0.4) is 0 Å². The van der Waals surface area contributed by atoms with Gasteiger partial charge in [0.25, 0.3) is 0 Å². The molecule has 0 aliphatic rings. The minimum atomic E-state index is -0.201. The van der Waals surface area contributed by atoms with Crippen molar-refractivity contribution < 1.29 is 14.3 Å². The van der Waals surface area contributed by atoms with E-state index in [2.05, 4.69) is 5.32 Å². The number of carbonyl (C=O) groups is 2. The fraction of sp³-hybridized carbons (Fsp3) is 0.333. The van der Waals surface area contributed by atoms with Crippen LogP contribution in [-0.4, -0.2) is 36.9 Å². The Bertz CT molecular complexity index is 741. The molecular weight excluding hydrogens is 328 g/mol. The van der Waals surface area contributed by atoms with Gasteiger partial charge in [0.2, 0.25) is 11.8 Å². The van der Waals surface area contributed by atoms with Gasteiger partial charge in [-0.1, -0.05) is 37.3 Å². The number of nitrogens with zero attached hydrogens (tertiary/aromatic N) is 1. The number of amides is 2. The van der Waals surface area contributed by atoms with E-state index in [0.717, 1.165) is 29.0 Å². The van der Waals surface area contributed by atoms with Crippen LogP contribution < -0.4 is 10.1 Å². The van der Waals surface area contributed by atoms with Crippen molar-refractivity contribution in [2.45, 2.75) is 26.7 Å². The standard InChI is InChI=1S/C21H26N2O3/c1-4-17-8-6-7-9-19(17)22-20(24)15-23(3)21(25)14-16-10-12-18(13-11-16)26-5-2/h6-13H,4-5,14-15H2,1-3H3,(H,22,24). The third-order valence-electron chi connectivity index (χ3n) is 4.07. The molecule has 2 aromatic rings. The third kappa shape index (κ3) is 5.62. The van der Waals surface area contributed by atoms with Gasteiger partial charge in [0.15, 0.2) is 0 Å². The lowest BCUT2D eigenvalue weighted by atomic mass is 10.1. The molecule has 0 radical (unpaired) electrons. The number of likely N-dealkylation sites (N-methyl/N-ethyl adjacent to an activating group) is 1. The molecule has 0 aliphatic heterocycles. The molecule has 138 valence electrons. The fourth-order valence-electron chi connectivity index (χ4n) is 2.62. The Morgan fingerprint density at radius 1 is 1.04 bits per heavy atom. The Hall–Kier alpha value is -2.82. The molecule has 0 atom stereocenters. The third-order valence-corrected chi connectivity index (χ3v) is 4.07. The zero-order valence-corrected chi connectivity index (χ0v) is 15.6. The second-order valence-electron chi connectivity index (χ2n) is 6.06. The van der Waals surface area contributed by atoms with E-state index in [4.69, 9.17) is 4.74 Å². The van der Waals surface area contributed by atoms with Gasteiger partial charge in [-0.25, -0.2) is 0 Å². The second kappa shape index (κ2) is 9.61. The summed E-state index contributed by atoms with van der Waals surface area (Å²) < 4.78 is 5.39. The van der Waals surface area contributed by atoms with Crippen LogP contribution in [0, 0.1) is 0 Å². The van der Waals surface area contributed by atoms with E-state index >= 15 is 0 Å². The van der Waals surface area contributed by atoms with Crippen LogP contribution in [0.5, 0.6) is 5.75 Å². The van der Waals surface area contributed by atoms with Gasteiger partial charge in [-0.15, -0.1) is 0 Å². The van der Waals surface area contributed by atoms with Crippen molar-refractivity contribution in [3.63, 3.8) is 0 Å². The zero-order chi connectivity index (χ0) is 18.9. The largest absolute Gasteiger partial charge is 0.494 e. The molecule has 0 aromatic heterocycles. The number of benzene rings is 2. The van der Waals surface area contributed by atoms with Gasteiger partial charge >= 0.3 is 0 Å². The van der Waals surface area contributed by atoms with E-state index in [9.17, 15) is 9.59 Å². The highest BCUT2D eigenvalue weighted by molar-refractivity contribution is 5.95. The number of ether oxygens (including phenoxy) is 1. The molecule has 2 aromatic carbocycles. The van der Waals surface area contributed by atoms with Crippen molar-refractivity contribution in [2.75, 3.05) is 25.5 Å². The normalized spacial score (nSPS) is 10.3. The van der Waals surface area contributed by atoms with Crippen molar-refractivity contribution in [1.82, 2.24) is 4.90 Å². The molecule has 26 heavy (non-hydrogen) atoms. The van der Waals surface area contributed by atoms with Crippen molar-refractivity contribution >= 4 is 17.5 Å². The molecular formula is C21H26N2O3. The summed E-state index contributed by atoms with van der Waals surface area (Å²) in [5.74, 6) is 0.479. The summed E-state index contributed by atoms with van der Waals surface area (Å²) in [4.78, 5) is 26.0. The first kappa shape index (κ1) is 19.5. The van der Waals surface area contributed by atoms with Gasteiger partial charge < -0.3 is 15.0 Å². The molecule has 2 amide bonds. The van der Waals surface area contributed by atoms with Gasteiger partial charge in [-0.3, -0.25) is 9.59 Å². The van der Waals surface area contributed by atoms with Crippen molar-refractivity contribution in [1.29, 1.82) is 0 Å². The monoisotopic (exact) mass is 354 g/mol. The maximum atomic E-state index is 12.3. The van der Waals surface area contributed by atoms with Gasteiger partial charge in [0, 0.05) is 12.7 Å². The van der Waals surface area contributed by atoms with Crippen molar-refractivity contribution in [3.05, 3.63) is 59.7 Å². The topological polar surface area (TPSA) is 58.6 Å². The molecule has 0 bridgehead atoms. The van der Waals surface area contributed by atoms with Crippen LogP contribution in [-0.2, 0) is 22.4 Å². The van der Waals surface area contributed by atoms with Crippen LogP contribution in [0.25, 0.3) is 0 Å². The van der Waals surface area contributed by atoms with E-state index in [1.54, 1.807) is 7.05 Å². The Balaban J connectivity index is 1.88. The van der Waals surface area contributed by atoms with Gasteiger partial charge in [-0.05, 0) is 42.7 Å². The average Bonchev–Trinajstić information content (AvgIpc) is 2.63. The van der Waals surface area contributed by atoms with Gasteiger partial charge in [-0.2, -0.15) is 0 Å². The molecule has 0 spiro atoms. The number of hydrogen-bond acceptors (Lipinski definition) is 3. The van der Waals surface area contributed by atoms with Crippen LogP contribution in [0.4, 0.5) is 5.69 Å². The maximum absolute atomic E-state index is 12.3. The first-order valence-corrected chi connectivity index (χ1v) is 8.87. The molecule has 0 saturated carbocycles. The molecule has 0 unspecified atom stereocenters. The summed E-state index contributed by atoms with van der Waals surface area (Å²) in [7, 11) is 1.64. The molecule has 1 N–H and O–H groups in total. The highest BCUT2D eigenvalue weighted by Gasteiger charge is 2.14. The second-order valence-corrected chi connectivity index (χ2v) is 6.06. The van der Waals surface area contributed by atoms with Crippen LogP contribution in [0.15, 0.2) is 48.5 Å². The Morgan fingerprint density at radius 3 is 2.38 bits per heavy atom. The van der Waals surface area contributed by atoms with E-state index in [0.29, 0.717) is 6.61 Å². The molecule has 0 fully saturated rings. The number of rotatable bonds is 8. The summed E-state index contributed by atoms with van der Waals surface area (Å²) >= 11 is 0. The first-order valence-electron chi connectivity index (χ1n) is 8.87. The molecule has 5 heteroatoms. The van der Waals surface area contributed by atoms with Crippen LogP contribution in [0.1, 0.15) is 25.0 Å². The number of nitrogens with one attached hydrogen (secondary N) is 1. The number of para-hydroxylation sites is 1. The van der Waals surface area contributed by atoms with E-state index in [1.165, 1.54) is 4.90 Å². The number of carbonyl (C=O) groups excluding carboxylic acids is 2. The summed E-state index contributed by atoms with van der Waals surface area (Å²) in [5.41, 5.74) is 2.76. The molecule has 0 heterocycles. The zero-order valence-electron chi connectivity index (χ0n) is 15.6. The van der Waals surface area contributed by atoms with E-state index < -0.39 is 0 Å². The lowest BCUT2D eigenvalue weighted by molar-refractivity contribution is -0.132. The van der Waals surface area contributed by atoms with E-state index in [-0.39, 0.29) is 24.8 Å². The highest BCUT2D eigenvalue weighted by atomic mass is 16.5. The maximum Gasteiger partial charge on any atom is 0.243 e. The molecule has 2 rings (SSSR count). The van der Waals surface area contributed by atoms with Crippen molar-refractivity contribution in [2.24, 2.45) is 0 Å². The predicted octanol–water partition coefficient (Wildman–Crippen LogP) is 3.29. The predicted molar refractivity (Wildman–Crippen MR) is 103 cm³/mol. The lowest BCUT2D eigenvalue weighted by Gasteiger charge is -2.18. The summed E-state index contributed by atoms with van der Waals surface area (Å²) in [6.45, 7) is 4.60. The highest BCUT2D eigenvalue weighted by Crippen LogP contribution is 2.16. The quantitative estimate of drug-likeness (QED) is 0.791. The Morgan fingerprint density at radius 2 is 1.73 bits per heavy atom. The lowest BCUT2D eigenvalue weighted by Crippen LogP contribution is -2.35. The molecule has 0 aliphatic carbocycles. The number of hydrogen-bond donors (Lipinski definition) is 1. The number of aryl methyl sites for hydroxylation is 1. The summed E-state index contributed by atoms with van der Waals surface area (Å²) in [6.07, 6.45) is 1.09. The summed E-state index contributed by atoms with van der Waals surface area (Å²) in [6, 6.07) is 15.1. The fourth-order valence-corrected chi connectivity index (χ4v) is 2.62. The number of anilines is 1. The Labute approximate surface area is 155 Å². The SMILES string of the molecule is CCOc1ccc(CC(=O)N(C)CC(=O)Nc2ccccc2CC)cc1. The molecule has 0 saturated heterocycles.